The van der Waals surface area contributed by atoms with Crippen LogP contribution in [-0.4, -0.2) is 11.1 Å². The van der Waals surface area contributed by atoms with E-state index in [0.717, 1.165) is 16.6 Å². The molecule has 0 aliphatic carbocycles. The Morgan fingerprint density at radius 1 is 1.14 bits per heavy atom. The van der Waals surface area contributed by atoms with Gasteiger partial charge in [0.1, 0.15) is 0 Å². The molecule has 0 saturated carbocycles. The van der Waals surface area contributed by atoms with Crippen LogP contribution in [0.5, 0.6) is 0 Å². The van der Waals surface area contributed by atoms with Crippen LogP contribution in [0.1, 0.15) is 11.1 Å². The van der Waals surface area contributed by atoms with Gasteiger partial charge in [0.05, 0.1) is 18.6 Å². The lowest BCUT2D eigenvalue weighted by atomic mass is 10.1. The molecule has 2 aromatic carbocycles. The molecule has 4 nitrogen and oxygen atoms in total. The van der Waals surface area contributed by atoms with Crippen molar-refractivity contribution in [3.63, 3.8) is 0 Å². The predicted molar refractivity (Wildman–Crippen MR) is 82.0 cm³/mol. The summed E-state index contributed by atoms with van der Waals surface area (Å²) in [5.41, 5.74) is 8.65. The van der Waals surface area contributed by atoms with E-state index in [0.29, 0.717) is 18.7 Å². The average molecular weight is 278 g/mol. The minimum absolute atomic E-state index is 0.329. The second-order valence-electron chi connectivity index (χ2n) is 4.63. The number of rotatable bonds is 2. The highest BCUT2D eigenvalue weighted by atomic mass is 16.4. The molecule has 21 heavy (non-hydrogen) atoms. The van der Waals surface area contributed by atoms with Gasteiger partial charge >= 0.3 is 5.76 Å². The van der Waals surface area contributed by atoms with Crippen LogP contribution < -0.4 is 11.5 Å². The number of fused-ring (bicyclic) bond motifs is 1. The number of para-hydroxylation sites is 2. The molecule has 1 aromatic heterocycles. The lowest BCUT2D eigenvalue weighted by Gasteiger charge is -2.03. The quantitative estimate of drug-likeness (QED) is 0.729. The summed E-state index contributed by atoms with van der Waals surface area (Å²) in [7, 11) is 0. The minimum Gasteiger partial charge on any atom is -0.408 e. The standard InChI is InChI=1S/C17H14N2O2/c18-10-4-7-13-5-3-6-14(11-13)12-19-15-8-1-2-9-16(15)21-17(19)20/h1-3,5-6,8-9,11H,10,12,18H2. The van der Waals surface area contributed by atoms with Crippen LogP contribution in [0, 0.1) is 11.8 Å². The molecule has 0 saturated heterocycles. The summed E-state index contributed by atoms with van der Waals surface area (Å²) in [6.07, 6.45) is 0. The number of hydrogen-bond donors (Lipinski definition) is 1. The highest BCUT2D eigenvalue weighted by Crippen LogP contribution is 2.14. The summed E-state index contributed by atoms with van der Waals surface area (Å²) in [5, 5.41) is 0. The first kappa shape index (κ1) is 13.2. The maximum absolute atomic E-state index is 12.0. The van der Waals surface area contributed by atoms with Crippen molar-refractivity contribution < 1.29 is 4.42 Å². The van der Waals surface area contributed by atoms with Crippen molar-refractivity contribution >= 4 is 11.1 Å². The van der Waals surface area contributed by atoms with Crippen molar-refractivity contribution in [2.45, 2.75) is 6.54 Å². The molecule has 4 heteroatoms. The Bertz CT molecular complexity index is 894. The lowest BCUT2D eigenvalue weighted by molar-refractivity contribution is 0.517. The van der Waals surface area contributed by atoms with Gasteiger partial charge in [0.2, 0.25) is 0 Å². The van der Waals surface area contributed by atoms with Crippen molar-refractivity contribution in [1.29, 1.82) is 0 Å². The van der Waals surface area contributed by atoms with Gasteiger partial charge < -0.3 is 10.2 Å². The van der Waals surface area contributed by atoms with Crippen molar-refractivity contribution in [1.82, 2.24) is 4.57 Å². The maximum atomic E-state index is 12.0. The minimum atomic E-state index is -0.352. The lowest BCUT2D eigenvalue weighted by Crippen LogP contribution is -2.14. The Morgan fingerprint density at radius 3 is 2.86 bits per heavy atom. The second kappa shape index (κ2) is 5.70. The van der Waals surface area contributed by atoms with Crippen LogP contribution in [0.4, 0.5) is 0 Å². The molecule has 0 aliphatic rings. The Morgan fingerprint density at radius 2 is 2.00 bits per heavy atom. The van der Waals surface area contributed by atoms with Crippen LogP contribution in [0.2, 0.25) is 0 Å². The highest BCUT2D eigenvalue weighted by molar-refractivity contribution is 5.72. The van der Waals surface area contributed by atoms with E-state index in [9.17, 15) is 4.79 Å². The van der Waals surface area contributed by atoms with Gasteiger partial charge in [-0.2, -0.15) is 0 Å². The number of benzene rings is 2. The Kier molecular flexibility index (Phi) is 3.59. The first-order valence-corrected chi connectivity index (χ1v) is 6.64. The monoisotopic (exact) mass is 278 g/mol. The Hall–Kier alpha value is -2.77. The molecule has 3 rings (SSSR count). The van der Waals surface area contributed by atoms with Gasteiger partial charge in [0.25, 0.3) is 0 Å². The van der Waals surface area contributed by atoms with E-state index in [1.165, 1.54) is 0 Å². The number of nitrogens with zero attached hydrogens (tertiary/aromatic N) is 1. The van der Waals surface area contributed by atoms with Crippen LogP contribution >= 0.6 is 0 Å². The maximum Gasteiger partial charge on any atom is 0.420 e. The van der Waals surface area contributed by atoms with Gasteiger partial charge in [-0.25, -0.2) is 4.79 Å². The van der Waals surface area contributed by atoms with Crippen molar-refractivity contribution in [2.75, 3.05) is 6.54 Å². The fraction of sp³-hybridized carbons (Fsp3) is 0.118. The van der Waals surface area contributed by atoms with E-state index in [1.807, 2.05) is 42.5 Å². The molecule has 3 aromatic rings. The summed E-state index contributed by atoms with van der Waals surface area (Å²) in [5.74, 6) is 5.46. The van der Waals surface area contributed by atoms with E-state index in [4.69, 9.17) is 10.2 Å². The summed E-state index contributed by atoms with van der Waals surface area (Å²) in [4.78, 5) is 12.0. The van der Waals surface area contributed by atoms with E-state index in [2.05, 4.69) is 11.8 Å². The number of hydrogen-bond acceptors (Lipinski definition) is 3. The van der Waals surface area contributed by atoms with Gasteiger partial charge in [-0.15, -0.1) is 0 Å². The molecule has 2 N–H and O–H groups in total. The number of oxazole rings is 1. The molecule has 0 spiro atoms. The molecular formula is C17H14N2O2. The SMILES string of the molecule is NCC#Cc1cccc(Cn2c(=O)oc3ccccc32)c1. The van der Waals surface area contributed by atoms with Crippen LogP contribution in [0.15, 0.2) is 57.7 Å². The van der Waals surface area contributed by atoms with Crippen molar-refractivity contribution in [3.05, 3.63) is 70.2 Å². The molecule has 0 radical (unpaired) electrons. The zero-order valence-corrected chi connectivity index (χ0v) is 11.4. The van der Waals surface area contributed by atoms with Gasteiger partial charge in [0.15, 0.2) is 5.58 Å². The molecule has 104 valence electrons. The van der Waals surface area contributed by atoms with Crippen LogP contribution in [-0.2, 0) is 6.54 Å². The molecule has 0 aliphatic heterocycles. The predicted octanol–water partition coefficient (Wildman–Crippen LogP) is 1.95. The molecule has 0 atom stereocenters. The number of nitrogens with two attached hydrogens (primary N) is 1. The van der Waals surface area contributed by atoms with E-state index < -0.39 is 0 Å². The van der Waals surface area contributed by atoms with Gasteiger partial charge in [-0.05, 0) is 29.8 Å². The van der Waals surface area contributed by atoms with Gasteiger partial charge in [0, 0.05) is 5.56 Å². The zero-order valence-electron chi connectivity index (χ0n) is 11.4. The average Bonchev–Trinajstić information content (AvgIpc) is 2.82. The van der Waals surface area contributed by atoms with Crippen molar-refractivity contribution in [2.24, 2.45) is 5.73 Å². The molecule has 0 unspecified atom stereocenters. The molecular weight excluding hydrogens is 264 g/mol. The molecule has 0 fully saturated rings. The normalized spacial score (nSPS) is 10.3. The summed E-state index contributed by atoms with van der Waals surface area (Å²) in [6, 6.07) is 15.1. The molecule has 0 amide bonds. The van der Waals surface area contributed by atoms with Gasteiger partial charge in [-0.3, -0.25) is 4.57 Å². The smallest absolute Gasteiger partial charge is 0.408 e. The largest absolute Gasteiger partial charge is 0.420 e. The first-order chi connectivity index (χ1) is 10.3. The fourth-order valence-electron chi connectivity index (χ4n) is 2.25. The van der Waals surface area contributed by atoms with E-state index in [1.54, 1.807) is 10.6 Å². The number of aromatic nitrogens is 1. The third kappa shape index (κ3) is 2.73. The highest BCUT2D eigenvalue weighted by Gasteiger charge is 2.08. The first-order valence-electron chi connectivity index (χ1n) is 6.64. The Labute approximate surface area is 121 Å². The van der Waals surface area contributed by atoms with Crippen LogP contribution in [0.3, 0.4) is 0 Å². The van der Waals surface area contributed by atoms with Gasteiger partial charge in [-0.1, -0.05) is 36.1 Å². The molecule has 0 bridgehead atoms. The fourth-order valence-corrected chi connectivity index (χ4v) is 2.25. The summed E-state index contributed by atoms with van der Waals surface area (Å²) >= 11 is 0. The summed E-state index contributed by atoms with van der Waals surface area (Å²) < 4.78 is 6.85. The van der Waals surface area contributed by atoms with E-state index >= 15 is 0 Å². The second-order valence-corrected chi connectivity index (χ2v) is 4.63. The topological polar surface area (TPSA) is 61.2 Å². The molecule has 1 heterocycles. The van der Waals surface area contributed by atoms with Crippen molar-refractivity contribution in [3.8, 4) is 11.8 Å². The summed E-state index contributed by atoms with van der Waals surface area (Å²) in [6.45, 7) is 0.782. The Balaban J connectivity index is 1.99. The zero-order chi connectivity index (χ0) is 14.7. The van der Waals surface area contributed by atoms with Crippen LogP contribution in [0.25, 0.3) is 11.1 Å². The van der Waals surface area contributed by atoms with E-state index in [-0.39, 0.29) is 5.76 Å². The third-order valence-corrected chi connectivity index (χ3v) is 3.18. The third-order valence-electron chi connectivity index (χ3n) is 3.18.